The molecule has 0 spiro atoms. The van der Waals surface area contributed by atoms with Crippen LogP contribution in [0.25, 0.3) is 0 Å². The summed E-state index contributed by atoms with van der Waals surface area (Å²) in [6.45, 7) is 8.25. The topological polar surface area (TPSA) is 35.2 Å². The molecule has 0 saturated heterocycles. The lowest BCUT2D eigenvalue weighted by Gasteiger charge is -2.30. The summed E-state index contributed by atoms with van der Waals surface area (Å²) in [5, 5.41) is 0. The second-order valence-corrected chi connectivity index (χ2v) is 9.70. The van der Waals surface area contributed by atoms with Crippen LogP contribution in [0.2, 0.25) is 19.6 Å². The van der Waals surface area contributed by atoms with Crippen LogP contribution in [0.5, 0.6) is 0 Å². The van der Waals surface area contributed by atoms with E-state index in [2.05, 4.69) is 19.6 Å². The van der Waals surface area contributed by atoms with Crippen molar-refractivity contribution in [2.24, 2.45) is 5.73 Å². The summed E-state index contributed by atoms with van der Waals surface area (Å²) in [7, 11) is -1.75. The molecular weight excluding hydrogens is 269 g/mol. The molecule has 2 nitrogen and oxygen atoms in total. The Labute approximate surface area is 116 Å². The van der Waals surface area contributed by atoms with Crippen LogP contribution in [0.4, 0.5) is 4.39 Å². The molecule has 0 aliphatic carbocycles. The van der Waals surface area contributed by atoms with Crippen LogP contribution in [0.3, 0.4) is 0 Å². The summed E-state index contributed by atoms with van der Waals surface area (Å²) < 4.78 is 19.8. The van der Waals surface area contributed by atoms with Crippen LogP contribution in [0.15, 0.2) is 24.3 Å². The second kappa shape index (κ2) is 7.24. The molecule has 0 fully saturated rings. The maximum atomic E-state index is 13.8. The minimum absolute atomic E-state index is 0. The van der Waals surface area contributed by atoms with Crippen molar-refractivity contribution in [3.63, 3.8) is 0 Å². The number of benzene rings is 1. The van der Waals surface area contributed by atoms with Gasteiger partial charge in [-0.2, -0.15) is 0 Å². The van der Waals surface area contributed by atoms with Crippen molar-refractivity contribution in [1.82, 2.24) is 0 Å². The maximum absolute atomic E-state index is 13.8. The molecule has 2 atom stereocenters. The lowest BCUT2D eigenvalue weighted by Crippen LogP contribution is -2.37. The quantitative estimate of drug-likeness (QED) is 0.836. The molecule has 0 heterocycles. The molecule has 0 saturated carbocycles. The highest BCUT2D eigenvalue weighted by molar-refractivity contribution is 6.69. The van der Waals surface area contributed by atoms with Gasteiger partial charge in [-0.1, -0.05) is 25.1 Å². The number of halogens is 2. The number of hydrogen-bond donors (Lipinski definition) is 1. The van der Waals surface area contributed by atoms with E-state index in [-0.39, 0.29) is 30.4 Å². The fourth-order valence-electron chi connectivity index (χ4n) is 1.68. The van der Waals surface area contributed by atoms with Crippen LogP contribution >= 0.6 is 12.4 Å². The summed E-state index contributed by atoms with van der Waals surface area (Å²) in [5.74, 6) is -0.236. The molecular formula is C13H23ClFNOSi. The van der Waals surface area contributed by atoms with Gasteiger partial charge in [-0.3, -0.25) is 0 Å². The van der Waals surface area contributed by atoms with Crippen LogP contribution in [-0.4, -0.2) is 14.4 Å². The highest BCUT2D eigenvalue weighted by Crippen LogP contribution is 2.27. The van der Waals surface area contributed by atoms with Gasteiger partial charge < -0.3 is 10.2 Å². The minimum Gasteiger partial charge on any atom is -0.409 e. The highest BCUT2D eigenvalue weighted by Gasteiger charge is 2.28. The van der Waals surface area contributed by atoms with Crippen molar-refractivity contribution < 1.29 is 8.82 Å². The van der Waals surface area contributed by atoms with Crippen molar-refractivity contribution in [3.8, 4) is 0 Å². The Morgan fingerprint density at radius 2 is 1.83 bits per heavy atom. The zero-order valence-corrected chi connectivity index (χ0v) is 13.3. The normalized spacial score (nSPS) is 14.8. The van der Waals surface area contributed by atoms with Crippen molar-refractivity contribution in [2.45, 2.75) is 45.1 Å². The average molecular weight is 292 g/mol. The first-order valence-electron chi connectivity index (χ1n) is 6.03. The fraction of sp³-hybridized carbons (Fsp3) is 0.538. The molecule has 2 N–H and O–H groups in total. The van der Waals surface area contributed by atoms with E-state index in [0.717, 1.165) is 6.42 Å². The standard InChI is InChI=1S/C13H22FNOSi.ClH/c1-5-12(15)13(16-17(2,3)4)10-8-6-7-9-11(10)14;/h6-9,12-13H,5,15H2,1-4H3;1H. The molecule has 0 aliphatic rings. The van der Waals surface area contributed by atoms with E-state index in [1.807, 2.05) is 13.0 Å². The SMILES string of the molecule is CCC(N)C(O[Si](C)(C)C)c1ccccc1F.Cl. The third kappa shape index (κ3) is 5.06. The van der Waals surface area contributed by atoms with Crippen LogP contribution in [0.1, 0.15) is 25.0 Å². The Kier molecular flexibility index (Phi) is 7.07. The van der Waals surface area contributed by atoms with Crippen LogP contribution in [0, 0.1) is 5.82 Å². The average Bonchev–Trinajstić information content (AvgIpc) is 2.25. The maximum Gasteiger partial charge on any atom is 0.184 e. The van der Waals surface area contributed by atoms with E-state index in [9.17, 15) is 4.39 Å². The molecule has 0 bridgehead atoms. The van der Waals surface area contributed by atoms with Gasteiger partial charge in [0.1, 0.15) is 5.82 Å². The largest absolute Gasteiger partial charge is 0.409 e. The van der Waals surface area contributed by atoms with Gasteiger partial charge in [0.2, 0.25) is 0 Å². The summed E-state index contributed by atoms with van der Waals surface area (Å²) in [5.41, 5.74) is 6.63. The Hall–Kier alpha value is -0.423. The number of nitrogens with two attached hydrogens (primary N) is 1. The predicted octanol–water partition coefficient (Wildman–Crippen LogP) is 3.88. The van der Waals surface area contributed by atoms with Gasteiger partial charge in [-0.15, -0.1) is 12.4 Å². The molecule has 1 aromatic carbocycles. The van der Waals surface area contributed by atoms with Gasteiger partial charge in [-0.05, 0) is 32.1 Å². The molecule has 5 heteroatoms. The Balaban J connectivity index is 0.00000289. The van der Waals surface area contributed by atoms with Crippen molar-refractivity contribution in [3.05, 3.63) is 35.6 Å². The van der Waals surface area contributed by atoms with Gasteiger partial charge in [0.15, 0.2) is 8.32 Å². The molecule has 104 valence electrons. The van der Waals surface area contributed by atoms with E-state index in [1.54, 1.807) is 12.1 Å². The first-order valence-corrected chi connectivity index (χ1v) is 9.44. The highest BCUT2D eigenvalue weighted by atomic mass is 35.5. The van der Waals surface area contributed by atoms with E-state index in [1.165, 1.54) is 6.07 Å². The van der Waals surface area contributed by atoms with Crippen molar-refractivity contribution in [1.29, 1.82) is 0 Å². The molecule has 1 rings (SSSR count). The first-order chi connectivity index (χ1) is 7.85. The third-order valence-electron chi connectivity index (χ3n) is 2.55. The number of rotatable bonds is 5. The first kappa shape index (κ1) is 17.6. The summed E-state index contributed by atoms with van der Waals surface area (Å²) in [6, 6.07) is 6.55. The van der Waals surface area contributed by atoms with Crippen LogP contribution < -0.4 is 5.73 Å². The minimum atomic E-state index is -1.75. The molecule has 0 amide bonds. The smallest absolute Gasteiger partial charge is 0.184 e. The monoisotopic (exact) mass is 291 g/mol. The van der Waals surface area contributed by atoms with Gasteiger partial charge in [0.25, 0.3) is 0 Å². The Morgan fingerprint density at radius 1 is 1.28 bits per heavy atom. The third-order valence-corrected chi connectivity index (χ3v) is 3.51. The van der Waals surface area contributed by atoms with Gasteiger partial charge in [-0.25, -0.2) is 4.39 Å². The van der Waals surface area contributed by atoms with E-state index >= 15 is 0 Å². The van der Waals surface area contributed by atoms with E-state index < -0.39 is 8.32 Å². The van der Waals surface area contributed by atoms with Crippen molar-refractivity contribution >= 4 is 20.7 Å². The zero-order valence-electron chi connectivity index (χ0n) is 11.4. The zero-order chi connectivity index (χ0) is 13.1. The van der Waals surface area contributed by atoms with E-state index in [4.69, 9.17) is 10.2 Å². The van der Waals surface area contributed by atoms with Gasteiger partial charge >= 0.3 is 0 Å². The van der Waals surface area contributed by atoms with Crippen LogP contribution in [-0.2, 0) is 4.43 Å². The Morgan fingerprint density at radius 3 is 2.28 bits per heavy atom. The fourth-order valence-corrected chi connectivity index (χ4v) is 2.75. The molecule has 0 aromatic heterocycles. The Bertz CT molecular complexity index is 370. The summed E-state index contributed by atoms with van der Waals surface area (Å²) in [4.78, 5) is 0. The summed E-state index contributed by atoms with van der Waals surface area (Å²) >= 11 is 0. The number of hydrogen-bond acceptors (Lipinski definition) is 2. The van der Waals surface area contributed by atoms with Crippen molar-refractivity contribution in [2.75, 3.05) is 0 Å². The molecule has 0 aliphatic heterocycles. The van der Waals surface area contributed by atoms with E-state index in [0.29, 0.717) is 5.56 Å². The summed E-state index contributed by atoms with van der Waals surface area (Å²) in [6.07, 6.45) is 0.427. The lowest BCUT2D eigenvalue weighted by atomic mass is 10.0. The van der Waals surface area contributed by atoms with Gasteiger partial charge in [0.05, 0.1) is 6.10 Å². The van der Waals surface area contributed by atoms with Gasteiger partial charge in [0, 0.05) is 11.6 Å². The molecule has 2 unspecified atom stereocenters. The lowest BCUT2D eigenvalue weighted by molar-refractivity contribution is 0.159. The predicted molar refractivity (Wildman–Crippen MR) is 79.1 cm³/mol. The second-order valence-electron chi connectivity index (χ2n) is 5.24. The molecule has 0 radical (unpaired) electrons. The molecule has 1 aromatic rings. The molecule has 18 heavy (non-hydrogen) atoms.